The summed E-state index contributed by atoms with van der Waals surface area (Å²) in [4.78, 5) is 15.6. The summed E-state index contributed by atoms with van der Waals surface area (Å²) >= 11 is 0. The molecule has 0 aliphatic carbocycles. The van der Waals surface area contributed by atoms with Crippen LogP contribution in [0.1, 0.15) is 30.3 Å². The predicted molar refractivity (Wildman–Crippen MR) is 67.1 cm³/mol. The van der Waals surface area contributed by atoms with Crippen LogP contribution in [0.2, 0.25) is 0 Å². The van der Waals surface area contributed by atoms with Gasteiger partial charge in [-0.05, 0) is 30.7 Å². The molecule has 1 aromatic carbocycles. The number of carbonyl (C=O) groups excluding carboxylic acids is 1. The summed E-state index contributed by atoms with van der Waals surface area (Å²) in [5, 5.41) is 0. The third-order valence-electron chi connectivity index (χ3n) is 2.54. The van der Waals surface area contributed by atoms with Crippen molar-refractivity contribution in [1.82, 2.24) is 4.98 Å². The lowest BCUT2D eigenvalue weighted by molar-refractivity contribution is 0.0493. The van der Waals surface area contributed by atoms with Gasteiger partial charge < -0.3 is 9.15 Å². The molecule has 1 heterocycles. The molecule has 0 atom stereocenters. The number of hydrogen-bond acceptors (Lipinski definition) is 4. The van der Waals surface area contributed by atoms with E-state index in [9.17, 15) is 9.18 Å². The predicted octanol–water partition coefficient (Wildman–Crippen LogP) is 3.44. The van der Waals surface area contributed by atoms with Gasteiger partial charge in [-0.15, -0.1) is 0 Å². The molecule has 0 bridgehead atoms. The Morgan fingerprint density at radius 1 is 1.37 bits per heavy atom. The lowest BCUT2D eigenvalue weighted by Crippen LogP contribution is -2.06. The number of ether oxygens (including phenoxy) is 1. The SMILES string of the molecule is CCCCOC(=O)c1coc(-c2ccc(F)cc2)n1. The lowest BCUT2D eigenvalue weighted by atomic mass is 10.2. The van der Waals surface area contributed by atoms with E-state index in [0.717, 1.165) is 12.8 Å². The molecule has 0 amide bonds. The van der Waals surface area contributed by atoms with Crippen LogP contribution in [0.4, 0.5) is 4.39 Å². The summed E-state index contributed by atoms with van der Waals surface area (Å²) in [6.45, 7) is 2.38. The first-order valence-corrected chi connectivity index (χ1v) is 6.09. The van der Waals surface area contributed by atoms with Gasteiger partial charge in [0.05, 0.1) is 6.61 Å². The molecule has 0 aliphatic rings. The normalized spacial score (nSPS) is 10.4. The molecule has 0 saturated carbocycles. The van der Waals surface area contributed by atoms with Gasteiger partial charge in [0, 0.05) is 5.56 Å². The summed E-state index contributed by atoms with van der Waals surface area (Å²) in [6, 6.07) is 5.68. The van der Waals surface area contributed by atoms with Crippen molar-refractivity contribution in [3.63, 3.8) is 0 Å². The van der Waals surface area contributed by atoms with Crippen LogP contribution < -0.4 is 0 Å². The van der Waals surface area contributed by atoms with E-state index in [1.54, 1.807) is 0 Å². The van der Waals surface area contributed by atoms with E-state index in [4.69, 9.17) is 9.15 Å². The van der Waals surface area contributed by atoms with Crippen LogP contribution in [0.5, 0.6) is 0 Å². The smallest absolute Gasteiger partial charge is 0.360 e. The van der Waals surface area contributed by atoms with Crippen LogP contribution in [0.15, 0.2) is 34.9 Å². The van der Waals surface area contributed by atoms with Crippen molar-refractivity contribution in [2.45, 2.75) is 19.8 Å². The second kappa shape index (κ2) is 6.13. The minimum atomic E-state index is -0.509. The van der Waals surface area contributed by atoms with Crippen LogP contribution in [0.25, 0.3) is 11.5 Å². The average molecular weight is 263 g/mol. The third-order valence-corrected chi connectivity index (χ3v) is 2.54. The van der Waals surface area contributed by atoms with Gasteiger partial charge in [-0.3, -0.25) is 0 Å². The number of esters is 1. The number of oxazole rings is 1. The van der Waals surface area contributed by atoms with Gasteiger partial charge in [-0.25, -0.2) is 14.2 Å². The van der Waals surface area contributed by atoms with Crippen molar-refractivity contribution in [3.05, 3.63) is 42.0 Å². The molecule has 0 unspecified atom stereocenters. The standard InChI is InChI=1S/C14H14FNO3/c1-2-3-8-18-14(17)12-9-19-13(16-12)10-4-6-11(15)7-5-10/h4-7,9H,2-3,8H2,1H3. The van der Waals surface area contributed by atoms with Crippen LogP contribution in [0.3, 0.4) is 0 Å². The Morgan fingerprint density at radius 3 is 2.79 bits per heavy atom. The number of rotatable bonds is 5. The highest BCUT2D eigenvalue weighted by molar-refractivity contribution is 5.87. The molecule has 4 nitrogen and oxygen atoms in total. The fourth-order valence-corrected chi connectivity index (χ4v) is 1.48. The molecule has 0 fully saturated rings. The maximum Gasteiger partial charge on any atom is 0.360 e. The van der Waals surface area contributed by atoms with Crippen molar-refractivity contribution in [1.29, 1.82) is 0 Å². The molecule has 2 aromatic rings. The molecule has 0 aliphatic heterocycles. The van der Waals surface area contributed by atoms with Gasteiger partial charge in [0.25, 0.3) is 0 Å². The number of benzene rings is 1. The van der Waals surface area contributed by atoms with E-state index in [-0.39, 0.29) is 17.4 Å². The highest BCUT2D eigenvalue weighted by atomic mass is 19.1. The summed E-state index contributed by atoms with van der Waals surface area (Å²) in [6.07, 6.45) is 3.01. The minimum absolute atomic E-state index is 0.121. The zero-order valence-electron chi connectivity index (χ0n) is 10.6. The van der Waals surface area contributed by atoms with E-state index >= 15 is 0 Å². The molecular weight excluding hydrogens is 249 g/mol. The molecule has 0 spiro atoms. The quantitative estimate of drug-likeness (QED) is 0.612. The molecule has 5 heteroatoms. The van der Waals surface area contributed by atoms with Crippen molar-refractivity contribution in [2.75, 3.05) is 6.61 Å². The van der Waals surface area contributed by atoms with Gasteiger partial charge in [-0.1, -0.05) is 13.3 Å². The Hall–Kier alpha value is -2.17. The Kier molecular flexibility index (Phi) is 4.28. The molecule has 100 valence electrons. The van der Waals surface area contributed by atoms with Gasteiger partial charge in [0.2, 0.25) is 5.89 Å². The van der Waals surface area contributed by atoms with Crippen LogP contribution >= 0.6 is 0 Å². The highest BCUT2D eigenvalue weighted by Gasteiger charge is 2.14. The Labute approximate surface area is 110 Å². The van der Waals surface area contributed by atoms with E-state index in [1.165, 1.54) is 30.5 Å². The summed E-state index contributed by atoms with van der Waals surface area (Å²) < 4.78 is 23.0. The largest absolute Gasteiger partial charge is 0.461 e. The summed E-state index contributed by atoms with van der Waals surface area (Å²) in [5.41, 5.74) is 0.726. The van der Waals surface area contributed by atoms with Crippen molar-refractivity contribution in [3.8, 4) is 11.5 Å². The topological polar surface area (TPSA) is 52.3 Å². The number of aromatic nitrogens is 1. The minimum Gasteiger partial charge on any atom is -0.461 e. The van der Waals surface area contributed by atoms with E-state index in [0.29, 0.717) is 12.2 Å². The summed E-state index contributed by atoms with van der Waals surface area (Å²) in [5.74, 6) is -0.581. The van der Waals surface area contributed by atoms with E-state index in [2.05, 4.69) is 4.98 Å². The maximum atomic E-state index is 12.8. The molecular formula is C14H14FNO3. The van der Waals surface area contributed by atoms with E-state index < -0.39 is 5.97 Å². The van der Waals surface area contributed by atoms with Crippen LogP contribution in [-0.4, -0.2) is 17.6 Å². The first kappa shape index (κ1) is 13.3. The number of halogens is 1. The molecule has 19 heavy (non-hydrogen) atoms. The van der Waals surface area contributed by atoms with Crippen molar-refractivity contribution in [2.24, 2.45) is 0 Å². The van der Waals surface area contributed by atoms with Gasteiger partial charge in [-0.2, -0.15) is 0 Å². The molecule has 0 saturated heterocycles. The fourth-order valence-electron chi connectivity index (χ4n) is 1.48. The van der Waals surface area contributed by atoms with Crippen molar-refractivity contribution < 1.29 is 18.3 Å². The Bertz CT molecular complexity index is 548. The maximum absolute atomic E-state index is 12.8. The van der Waals surface area contributed by atoms with Gasteiger partial charge in [0.15, 0.2) is 5.69 Å². The zero-order chi connectivity index (χ0) is 13.7. The average Bonchev–Trinajstić information content (AvgIpc) is 2.89. The van der Waals surface area contributed by atoms with Gasteiger partial charge >= 0.3 is 5.97 Å². The van der Waals surface area contributed by atoms with E-state index in [1.807, 2.05) is 6.92 Å². The molecule has 0 N–H and O–H groups in total. The Morgan fingerprint density at radius 2 is 2.11 bits per heavy atom. The number of carbonyl (C=O) groups is 1. The number of nitrogens with zero attached hydrogens (tertiary/aromatic N) is 1. The monoisotopic (exact) mass is 263 g/mol. The number of hydrogen-bond donors (Lipinski definition) is 0. The lowest BCUT2D eigenvalue weighted by Gasteiger charge is -1.99. The Balaban J connectivity index is 2.06. The number of unbranched alkanes of at least 4 members (excludes halogenated alkanes) is 1. The first-order valence-electron chi connectivity index (χ1n) is 6.09. The molecule has 2 rings (SSSR count). The van der Waals surface area contributed by atoms with Crippen LogP contribution in [0, 0.1) is 5.82 Å². The van der Waals surface area contributed by atoms with Crippen molar-refractivity contribution >= 4 is 5.97 Å². The zero-order valence-corrected chi connectivity index (χ0v) is 10.6. The second-order valence-electron chi connectivity index (χ2n) is 4.03. The molecule has 1 aromatic heterocycles. The fraction of sp³-hybridized carbons (Fsp3) is 0.286. The third kappa shape index (κ3) is 3.40. The highest BCUT2D eigenvalue weighted by Crippen LogP contribution is 2.19. The summed E-state index contributed by atoms with van der Waals surface area (Å²) in [7, 11) is 0. The second-order valence-corrected chi connectivity index (χ2v) is 4.03. The van der Waals surface area contributed by atoms with Crippen LogP contribution in [-0.2, 0) is 4.74 Å². The van der Waals surface area contributed by atoms with Gasteiger partial charge in [0.1, 0.15) is 12.1 Å². The molecule has 0 radical (unpaired) electrons. The first-order chi connectivity index (χ1) is 9.20.